The summed E-state index contributed by atoms with van der Waals surface area (Å²) in [6.07, 6.45) is 3.50. The molecule has 0 unspecified atom stereocenters. The molecule has 1 aliphatic rings. The van der Waals surface area contributed by atoms with Crippen LogP contribution in [0.4, 0.5) is 4.39 Å². The standard InChI is InChI=1S/C11H14FNO2/c12-8-4-3-7(9(14)10(8)15)11(13)5-1-2-6-11/h3-4,14-15H,1-2,5-6,13H2. The van der Waals surface area contributed by atoms with Crippen LogP contribution in [0.3, 0.4) is 0 Å². The van der Waals surface area contributed by atoms with Crippen LogP contribution in [0.5, 0.6) is 11.5 Å². The van der Waals surface area contributed by atoms with E-state index in [0.717, 1.165) is 31.7 Å². The summed E-state index contributed by atoms with van der Waals surface area (Å²) in [4.78, 5) is 0. The van der Waals surface area contributed by atoms with E-state index in [9.17, 15) is 14.6 Å². The third-order valence-corrected chi connectivity index (χ3v) is 3.13. The predicted molar refractivity (Wildman–Crippen MR) is 54.1 cm³/mol. The van der Waals surface area contributed by atoms with Crippen molar-refractivity contribution >= 4 is 0 Å². The Morgan fingerprint density at radius 3 is 2.33 bits per heavy atom. The Bertz CT molecular complexity index is 386. The predicted octanol–water partition coefficient (Wildman–Crippen LogP) is 1.96. The number of aromatic hydroxyl groups is 2. The number of rotatable bonds is 1. The molecule has 0 heterocycles. The summed E-state index contributed by atoms with van der Waals surface area (Å²) in [6, 6.07) is 2.59. The minimum atomic E-state index is -0.821. The van der Waals surface area contributed by atoms with Crippen molar-refractivity contribution in [2.75, 3.05) is 0 Å². The molecule has 0 atom stereocenters. The number of nitrogens with two attached hydrogens (primary N) is 1. The molecule has 0 aliphatic heterocycles. The summed E-state index contributed by atoms with van der Waals surface area (Å²) in [6.45, 7) is 0. The van der Waals surface area contributed by atoms with Crippen LogP contribution in [0.15, 0.2) is 12.1 Å². The number of phenolic OH excluding ortho intramolecular Hbond substituents is 2. The normalized spacial score (nSPS) is 19.3. The van der Waals surface area contributed by atoms with Gasteiger partial charge in [0.25, 0.3) is 0 Å². The first kappa shape index (κ1) is 10.2. The minimum absolute atomic E-state index is 0.417. The Morgan fingerprint density at radius 1 is 1.13 bits per heavy atom. The summed E-state index contributed by atoms with van der Waals surface area (Å²) in [5, 5.41) is 18.9. The Morgan fingerprint density at radius 2 is 1.73 bits per heavy atom. The van der Waals surface area contributed by atoms with Crippen molar-refractivity contribution in [3.63, 3.8) is 0 Å². The van der Waals surface area contributed by atoms with Gasteiger partial charge in [0.1, 0.15) is 0 Å². The Hall–Kier alpha value is -1.29. The van der Waals surface area contributed by atoms with Gasteiger partial charge in [-0.2, -0.15) is 0 Å². The van der Waals surface area contributed by atoms with Crippen LogP contribution in [0.25, 0.3) is 0 Å². The van der Waals surface area contributed by atoms with Crippen molar-refractivity contribution in [3.05, 3.63) is 23.5 Å². The second-order valence-electron chi connectivity index (χ2n) is 4.16. The van der Waals surface area contributed by atoms with Crippen LogP contribution >= 0.6 is 0 Å². The van der Waals surface area contributed by atoms with Crippen molar-refractivity contribution in [2.45, 2.75) is 31.2 Å². The van der Waals surface area contributed by atoms with Crippen molar-refractivity contribution in [2.24, 2.45) is 5.73 Å². The lowest BCUT2D eigenvalue weighted by Crippen LogP contribution is -2.33. The first-order chi connectivity index (χ1) is 7.04. The molecular formula is C11H14FNO2. The second-order valence-corrected chi connectivity index (χ2v) is 4.16. The Kier molecular flexibility index (Phi) is 2.31. The zero-order chi connectivity index (χ0) is 11.1. The highest BCUT2D eigenvalue weighted by molar-refractivity contribution is 5.49. The highest BCUT2D eigenvalue weighted by Gasteiger charge is 2.34. The zero-order valence-corrected chi connectivity index (χ0v) is 8.33. The van der Waals surface area contributed by atoms with E-state index in [1.54, 1.807) is 0 Å². The average Bonchev–Trinajstić information content (AvgIpc) is 2.62. The summed E-state index contributed by atoms with van der Waals surface area (Å²) in [5.41, 5.74) is 5.93. The number of halogens is 1. The van der Waals surface area contributed by atoms with Gasteiger partial charge in [-0.15, -0.1) is 0 Å². The smallest absolute Gasteiger partial charge is 0.194 e. The van der Waals surface area contributed by atoms with Gasteiger partial charge in [0.2, 0.25) is 0 Å². The Balaban J connectivity index is 2.49. The summed E-state index contributed by atoms with van der Waals surface area (Å²) in [7, 11) is 0. The molecule has 0 bridgehead atoms. The van der Waals surface area contributed by atoms with Gasteiger partial charge in [-0.25, -0.2) is 4.39 Å². The average molecular weight is 211 g/mol. The molecule has 2 rings (SSSR count). The van der Waals surface area contributed by atoms with Gasteiger partial charge in [-0.1, -0.05) is 18.9 Å². The molecule has 0 spiro atoms. The number of hydrogen-bond donors (Lipinski definition) is 3. The minimum Gasteiger partial charge on any atom is -0.504 e. The molecule has 1 aromatic rings. The molecule has 1 fully saturated rings. The second kappa shape index (κ2) is 3.38. The van der Waals surface area contributed by atoms with E-state index in [2.05, 4.69) is 0 Å². The summed E-state index contributed by atoms with van der Waals surface area (Å²) < 4.78 is 12.9. The van der Waals surface area contributed by atoms with Crippen molar-refractivity contribution in [1.82, 2.24) is 0 Å². The molecular weight excluding hydrogens is 197 g/mol. The van der Waals surface area contributed by atoms with Gasteiger partial charge in [0.15, 0.2) is 17.3 Å². The van der Waals surface area contributed by atoms with E-state index in [1.165, 1.54) is 6.07 Å². The van der Waals surface area contributed by atoms with E-state index in [4.69, 9.17) is 5.73 Å². The molecule has 4 heteroatoms. The fourth-order valence-electron chi connectivity index (χ4n) is 2.23. The maximum absolute atomic E-state index is 12.9. The highest BCUT2D eigenvalue weighted by Crippen LogP contribution is 2.43. The van der Waals surface area contributed by atoms with Crippen LogP contribution in [-0.2, 0) is 5.54 Å². The SMILES string of the molecule is NC1(c2ccc(F)c(O)c2O)CCCC1. The van der Waals surface area contributed by atoms with E-state index in [0.29, 0.717) is 5.56 Å². The molecule has 1 aromatic carbocycles. The van der Waals surface area contributed by atoms with Gasteiger partial charge in [-0.3, -0.25) is 0 Å². The topological polar surface area (TPSA) is 66.5 Å². The molecule has 3 nitrogen and oxygen atoms in total. The first-order valence-corrected chi connectivity index (χ1v) is 5.04. The summed E-state index contributed by atoms with van der Waals surface area (Å²) >= 11 is 0. The van der Waals surface area contributed by atoms with Crippen LogP contribution in [0, 0.1) is 5.82 Å². The number of hydrogen-bond acceptors (Lipinski definition) is 3. The molecule has 0 saturated heterocycles. The van der Waals surface area contributed by atoms with E-state index in [-0.39, 0.29) is 0 Å². The fourth-order valence-corrected chi connectivity index (χ4v) is 2.23. The molecule has 1 saturated carbocycles. The fraction of sp³-hybridized carbons (Fsp3) is 0.455. The molecule has 4 N–H and O–H groups in total. The van der Waals surface area contributed by atoms with Crippen LogP contribution in [0.2, 0.25) is 0 Å². The van der Waals surface area contributed by atoms with Gasteiger partial charge in [0, 0.05) is 11.1 Å². The van der Waals surface area contributed by atoms with Gasteiger partial charge in [0.05, 0.1) is 0 Å². The van der Waals surface area contributed by atoms with Gasteiger partial charge < -0.3 is 15.9 Å². The molecule has 82 valence electrons. The lowest BCUT2D eigenvalue weighted by molar-refractivity contribution is 0.356. The zero-order valence-electron chi connectivity index (χ0n) is 8.33. The Labute approximate surface area is 87.3 Å². The summed E-state index contributed by atoms with van der Waals surface area (Å²) in [5.74, 6) is -1.94. The quantitative estimate of drug-likeness (QED) is 0.622. The van der Waals surface area contributed by atoms with Crippen molar-refractivity contribution in [1.29, 1.82) is 0 Å². The highest BCUT2D eigenvalue weighted by atomic mass is 19.1. The number of phenols is 2. The van der Waals surface area contributed by atoms with Crippen molar-refractivity contribution < 1.29 is 14.6 Å². The van der Waals surface area contributed by atoms with E-state index < -0.39 is 22.9 Å². The monoisotopic (exact) mass is 211 g/mol. The van der Waals surface area contributed by atoms with Crippen LogP contribution < -0.4 is 5.73 Å². The maximum Gasteiger partial charge on any atom is 0.194 e. The maximum atomic E-state index is 12.9. The van der Waals surface area contributed by atoms with E-state index in [1.807, 2.05) is 0 Å². The molecule has 1 aliphatic carbocycles. The largest absolute Gasteiger partial charge is 0.504 e. The first-order valence-electron chi connectivity index (χ1n) is 5.04. The third-order valence-electron chi connectivity index (χ3n) is 3.13. The molecule has 0 amide bonds. The molecule has 15 heavy (non-hydrogen) atoms. The third kappa shape index (κ3) is 1.55. The van der Waals surface area contributed by atoms with Gasteiger partial charge >= 0.3 is 0 Å². The van der Waals surface area contributed by atoms with Crippen LogP contribution in [0.1, 0.15) is 31.2 Å². The molecule has 0 radical (unpaired) electrons. The lowest BCUT2D eigenvalue weighted by Gasteiger charge is -2.25. The van der Waals surface area contributed by atoms with Crippen LogP contribution in [-0.4, -0.2) is 10.2 Å². The number of benzene rings is 1. The van der Waals surface area contributed by atoms with E-state index >= 15 is 0 Å². The van der Waals surface area contributed by atoms with Crippen molar-refractivity contribution in [3.8, 4) is 11.5 Å². The van der Waals surface area contributed by atoms with Gasteiger partial charge in [-0.05, 0) is 18.9 Å². The lowest BCUT2D eigenvalue weighted by atomic mass is 9.88. The molecule has 0 aromatic heterocycles.